The summed E-state index contributed by atoms with van der Waals surface area (Å²) in [4.78, 5) is 10.4. The standard InChI is InChI=1S/C9H7ClF2O3/c10-5-1-2-7(6(12)3-5)15-8(4-11)9(13)14/h1-3,8H,4H2,(H,13,14)/t8-/m0/s1. The average molecular weight is 237 g/mol. The molecular weight excluding hydrogens is 230 g/mol. The third-order valence-corrected chi connectivity index (χ3v) is 1.81. The minimum absolute atomic E-state index is 0.145. The van der Waals surface area contributed by atoms with Gasteiger partial charge in [-0.2, -0.15) is 0 Å². The van der Waals surface area contributed by atoms with Gasteiger partial charge in [-0.15, -0.1) is 0 Å². The van der Waals surface area contributed by atoms with Crippen molar-refractivity contribution in [3.8, 4) is 5.75 Å². The smallest absolute Gasteiger partial charge is 0.347 e. The fraction of sp³-hybridized carbons (Fsp3) is 0.222. The van der Waals surface area contributed by atoms with Crippen molar-refractivity contribution in [3.63, 3.8) is 0 Å². The van der Waals surface area contributed by atoms with Crippen LogP contribution < -0.4 is 4.74 Å². The first-order valence-corrected chi connectivity index (χ1v) is 4.33. The molecule has 3 nitrogen and oxygen atoms in total. The minimum atomic E-state index is -1.71. The zero-order valence-corrected chi connectivity index (χ0v) is 8.17. The molecule has 0 fully saturated rings. The molecule has 0 aliphatic carbocycles. The molecule has 0 radical (unpaired) electrons. The van der Waals surface area contributed by atoms with Crippen LogP contribution in [0.25, 0.3) is 0 Å². The largest absolute Gasteiger partial charge is 0.478 e. The third-order valence-electron chi connectivity index (χ3n) is 1.58. The Morgan fingerprint density at radius 1 is 1.60 bits per heavy atom. The molecule has 0 aliphatic heterocycles. The molecule has 0 saturated carbocycles. The van der Waals surface area contributed by atoms with Crippen LogP contribution in [-0.4, -0.2) is 23.9 Å². The molecule has 6 heteroatoms. The van der Waals surface area contributed by atoms with Crippen molar-refractivity contribution >= 4 is 17.6 Å². The summed E-state index contributed by atoms with van der Waals surface area (Å²) in [5.41, 5.74) is 0. The highest BCUT2D eigenvalue weighted by molar-refractivity contribution is 6.30. The van der Waals surface area contributed by atoms with E-state index < -0.39 is 24.6 Å². The van der Waals surface area contributed by atoms with Crippen LogP contribution in [0.2, 0.25) is 5.02 Å². The Labute approximate surface area is 89.2 Å². The summed E-state index contributed by atoms with van der Waals surface area (Å²) in [6.45, 7) is -1.24. The van der Waals surface area contributed by atoms with Crippen LogP contribution >= 0.6 is 11.6 Å². The molecule has 0 amide bonds. The molecule has 0 bridgehead atoms. The van der Waals surface area contributed by atoms with Crippen molar-refractivity contribution in [2.75, 3.05) is 6.67 Å². The van der Waals surface area contributed by atoms with Gasteiger partial charge >= 0.3 is 5.97 Å². The predicted octanol–water partition coefficient (Wildman–Crippen LogP) is 2.28. The second-order valence-electron chi connectivity index (χ2n) is 2.67. The maximum atomic E-state index is 13.1. The van der Waals surface area contributed by atoms with E-state index >= 15 is 0 Å². The Bertz CT molecular complexity index is 370. The molecule has 0 aromatic heterocycles. The van der Waals surface area contributed by atoms with E-state index in [0.717, 1.165) is 12.1 Å². The highest BCUT2D eigenvalue weighted by atomic mass is 35.5. The minimum Gasteiger partial charge on any atom is -0.478 e. The Morgan fingerprint density at radius 3 is 2.73 bits per heavy atom. The van der Waals surface area contributed by atoms with Crippen molar-refractivity contribution in [1.29, 1.82) is 0 Å². The molecular formula is C9H7ClF2O3. The van der Waals surface area contributed by atoms with Crippen LogP contribution in [0.3, 0.4) is 0 Å². The number of benzene rings is 1. The van der Waals surface area contributed by atoms with Gasteiger partial charge in [0.1, 0.15) is 6.67 Å². The molecule has 0 unspecified atom stereocenters. The van der Waals surface area contributed by atoms with Gasteiger partial charge in [-0.25, -0.2) is 13.6 Å². The summed E-state index contributed by atoms with van der Waals surface area (Å²) in [6.07, 6.45) is -1.71. The van der Waals surface area contributed by atoms with Crippen molar-refractivity contribution in [2.24, 2.45) is 0 Å². The maximum Gasteiger partial charge on any atom is 0.347 e. The van der Waals surface area contributed by atoms with E-state index in [1.165, 1.54) is 6.07 Å². The van der Waals surface area contributed by atoms with E-state index in [4.69, 9.17) is 16.7 Å². The summed E-state index contributed by atoms with van der Waals surface area (Å²) in [5, 5.41) is 8.61. The summed E-state index contributed by atoms with van der Waals surface area (Å²) in [6, 6.07) is 3.41. The van der Waals surface area contributed by atoms with Crippen LogP contribution in [0, 0.1) is 5.82 Å². The Kier molecular flexibility index (Phi) is 3.85. The molecule has 82 valence electrons. The van der Waals surface area contributed by atoms with Crippen molar-refractivity contribution in [1.82, 2.24) is 0 Å². The Hall–Kier alpha value is -1.36. The molecule has 1 aromatic carbocycles. The van der Waals surface area contributed by atoms with E-state index in [9.17, 15) is 13.6 Å². The fourth-order valence-corrected chi connectivity index (χ4v) is 1.03. The van der Waals surface area contributed by atoms with Crippen LogP contribution in [0.4, 0.5) is 8.78 Å². The van der Waals surface area contributed by atoms with Crippen LogP contribution in [0.1, 0.15) is 0 Å². The van der Waals surface area contributed by atoms with E-state index in [1.54, 1.807) is 0 Å². The zero-order chi connectivity index (χ0) is 11.4. The number of hydrogen-bond acceptors (Lipinski definition) is 2. The van der Waals surface area contributed by atoms with Gasteiger partial charge in [0.05, 0.1) is 0 Å². The van der Waals surface area contributed by atoms with Gasteiger partial charge in [-0.1, -0.05) is 11.6 Å². The van der Waals surface area contributed by atoms with Crippen molar-refractivity contribution in [2.45, 2.75) is 6.10 Å². The van der Waals surface area contributed by atoms with Gasteiger partial charge in [0.25, 0.3) is 0 Å². The van der Waals surface area contributed by atoms with Gasteiger partial charge in [-0.05, 0) is 18.2 Å². The highest BCUT2D eigenvalue weighted by Gasteiger charge is 2.20. The zero-order valence-electron chi connectivity index (χ0n) is 7.41. The number of carboxylic acid groups (broad SMARTS) is 1. The maximum absolute atomic E-state index is 13.1. The molecule has 1 atom stereocenters. The van der Waals surface area contributed by atoms with E-state index in [1.807, 2.05) is 0 Å². The number of alkyl halides is 1. The normalized spacial score (nSPS) is 12.2. The molecule has 0 spiro atoms. The highest BCUT2D eigenvalue weighted by Crippen LogP contribution is 2.22. The quantitative estimate of drug-likeness (QED) is 0.872. The fourth-order valence-electron chi connectivity index (χ4n) is 0.872. The van der Waals surface area contributed by atoms with E-state index in [2.05, 4.69) is 4.74 Å². The molecule has 15 heavy (non-hydrogen) atoms. The van der Waals surface area contributed by atoms with Gasteiger partial charge in [-0.3, -0.25) is 0 Å². The number of ether oxygens (including phenoxy) is 1. The Morgan fingerprint density at radius 2 is 2.27 bits per heavy atom. The number of aliphatic carboxylic acids is 1. The predicted molar refractivity (Wildman–Crippen MR) is 49.4 cm³/mol. The monoisotopic (exact) mass is 236 g/mol. The lowest BCUT2D eigenvalue weighted by Gasteiger charge is -2.12. The number of halogens is 3. The van der Waals surface area contributed by atoms with Gasteiger partial charge in [0.2, 0.25) is 6.10 Å². The first-order valence-electron chi connectivity index (χ1n) is 3.95. The molecule has 1 N–H and O–H groups in total. The number of rotatable bonds is 4. The molecule has 0 heterocycles. The summed E-state index contributed by atoms with van der Waals surface area (Å²) < 4.78 is 29.8. The number of carboxylic acids is 1. The molecule has 0 aliphatic rings. The molecule has 1 aromatic rings. The van der Waals surface area contributed by atoms with E-state index in [-0.39, 0.29) is 10.8 Å². The molecule has 0 saturated heterocycles. The Balaban J connectivity index is 2.84. The van der Waals surface area contributed by atoms with Gasteiger partial charge in [0.15, 0.2) is 11.6 Å². The number of hydrogen-bond donors (Lipinski definition) is 1. The van der Waals surface area contributed by atoms with Gasteiger partial charge < -0.3 is 9.84 Å². The lowest BCUT2D eigenvalue weighted by Crippen LogP contribution is -2.29. The van der Waals surface area contributed by atoms with Crippen molar-refractivity contribution < 1.29 is 23.4 Å². The number of carbonyl (C=O) groups is 1. The van der Waals surface area contributed by atoms with Crippen LogP contribution in [-0.2, 0) is 4.79 Å². The first-order chi connectivity index (χ1) is 7.04. The lowest BCUT2D eigenvalue weighted by atomic mass is 10.3. The topological polar surface area (TPSA) is 46.5 Å². The molecule has 1 rings (SSSR count). The van der Waals surface area contributed by atoms with Crippen molar-refractivity contribution in [3.05, 3.63) is 29.0 Å². The summed E-state index contributed by atoms with van der Waals surface area (Å²) in [5.74, 6) is -2.67. The average Bonchev–Trinajstić information content (AvgIpc) is 2.16. The third kappa shape index (κ3) is 3.06. The lowest BCUT2D eigenvalue weighted by molar-refractivity contribution is -0.145. The SMILES string of the molecule is O=C(O)[C@H](CF)Oc1ccc(Cl)cc1F. The van der Waals surface area contributed by atoms with Gasteiger partial charge in [0, 0.05) is 5.02 Å². The van der Waals surface area contributed by atoms with E-state index in [0.29, 0.717) is 0 Å². The second kappa shape index (κ2) is 4.93. The second-order valence-corrected chi connectivity index (χ2v) is 3.11. The summed E-state index contributed by atoms with van der Waals surface area (Å²) >= 11 is 5.46. The van der Waals surface area contributed by atoms with Crippen LogP contribution in [0.15, 0.2) is 18.2 Å². The van der Waals surface area contributed by atoms with Crippen LogP contribution in [0.5, 0.6) is 5.75 Å². The first kappa shape index (κ1) is 11.7. The summed E-state index contributed by atoms with van der Waals surface area (Å²) in [7, 11) is 0.